The fourth-order valence-electron chi connectivity index (χ4n) is 6.02. The van der Waals surface area contributed by atoms with Gasteiger partial charge in [0.05, 0.1) is 6.20 Å². The molecular formula is C28H34N4O3. The summed E-state index contributed by atoms with van der Waals surface area (Å²) in [5.74, 6) is 1.21. The lowest BCUT2D eigenvalue weighted by Crippen LogP contribution is -2.40. The summed E-state index contributed by atoms with van der Waals surface area (Å²) in [5.41, 5.74) is 3.07. The van der Waals surface area contributed by atoms with Gasteiger partial charge in [0.15, 0.2) is 11.8 Å². The van der Waals surface area contributed by atoms with Gasteiger partial charge in [-0.2, -0.15) is 0 Å². The second-order valence-electron chi connectivity index (χ2n) is 10.6. The molecule has 2 N–H and O–H groups in total. The highest BCUT2D eigenvalue weighted by atomic mass is 16.4. The van der Waals surface area contributed by atoms with Gasteiger partial charge in [-0.3, -0.25) is 20.0 Å². The van der Waals surface area contributed by atoms with Crippen molar-refractivity contribution >= 4 is 16.9 Å². The van der Waals surface area contributed by atoms with Gasteiger partial charge in [0.25, 0.3) is 5.91 Å². The molecule has 184 valence electrons. The van der Waals surface area contributed by atoms with E-state index in [1.54, 1.807) is 12.4 Å². The highest BCUT2D eigenvalue weighted by Crippen LogP contribution is 2.59. The normalized spacial score (nSPS) is 22.7. The lowest BCUT2D eigenvalue weighted by Gasteiger charge is -2.33. The Kier molecular flexibility index (Phi) is 6.08. The first-order chi connectivity index (χ1) is 17.1. The van der Waals surface area contributed by atoms with E-state index in [1.807, 2.05) is 29.2 Å². The zero-order valence-corrected chi connectivity index (χ0v) is 20.2. The molecule has 6 rings (SSSR count). The van der Waals surface area contributed by atoms with E-state index in [1.165, 1.54) is 31.5 Å². The zero-order valence-electron chi connectivity index (χ0n) is 20.2. The highest BCUT2D eigenvalue weighted by Gasteiger charge is 2.54. The van der Waals surface area contributed by atoms with Crippen LogP contribution in [-0.2, 0) is 6.54 Å². The van der Waals surface area contributed by atoms with Crippen molar-refractivity contribution < 1.29 is 14.3 Å². The number of hydrogen-bond donors (Lipinski definition) is 2. The first-order valence-corrected chi connectivity index (χ1v) is 13.0. The number of nitrogens with one attached hydrogen (secondary N) is 1. The molecule has 35 heavy (non-hydrogen) atoms. The van der Waals surface area contributed by atoms with Gasteiger partial charge in [-0.25, -0.2) is 0 Å². The SMILES string of the molecule is O=C(c1ccc(CN2CCCC2)cc1)N1CCC2(CC1)CC2CNC(O)c1cc2ccncc2o1. The van der Waals surface area contributed by atoms with Gasteiger partial charge in [0.1, 0.15) is 5.76 Å². The number of rotatable bonds is 7. The van der Waals surface area contributed by atoms with Crippen LogP contribution in [0, 0.1) is 11.3 Å². The minimum atomic E-state index is -0.824. The van der Waals surface area contributed by atoms with Crippen molar-refractivity contribution in [3.63, 3.8) is 0 Å². The molecule has 0 radical (unpaired) electrons. The number of likely N-dealkylation sites (tertiary alicyclic amines) is 2. The Hall–Kier alpha value is -2.74. The van der Waals surface area contributed by atoms with Gasteiger partial charge in [-0.1, -0.05) is 12.1 Å². The predicted octanol–water partition coefficient (Wildman–Crippen LogP) is 3.95. The highest BCUT2D eigenvalue weighted by molar-refractivity contribution is 5.94. The number of furan rings is 1. The number of carbonyl (C=O) groups is 1. The Morgan fingerprint density at radius 1 is 1.14 bits per heavy atom. The molecule has 1 aliphatic carbocycles. The average Bonchev–Trinajstić information content (AvgIpc) is 3.24. The number of carbonyl (C=O) groups excluding carboxylic acids is 1. The maximum absolute atomic E-state index is 13.1. The summed E-state index contributed by atoms with van der Waals surface area (Å²) in [7, 11) is 0. The Bertz CT molecular complexity index is 1140. The lowest BCUT2D eigenvalue weighted by atomic mass is 9.90. The summed E-state index contributed by atoms with van der Waals surface area (Å²) in [6, 6.07) is 12.0. The van der Waals surface area contributed by atoms with Crippen LogP contribution in [0.2, 0.25) is 0 Å². The zero-order chi connectivity index (χ0) is 23.8. The number of piperidine rings is 1. The Morgan fingerprint density at radius 2 is 1.91 bits per heavy atom. The molecule has 3 aliphatic rings. The smallest absolute Gasteiger partial charge is 0.253 e. The minimum Gasteiger partial charge on any atom is -0.455 e. The first kappa shape index (κ1) is 22.7. The van der Waals surface area contributed by atoms with Crippen molar-refractivity contribution in [2.45, 2.75) is 44.9 Å². The monoisotopic (exact) mass is 474 g/mol. The third kappa shape index (κ3) is 4.73. The molecule has 1 aromatic carbocycles. The van der Waals surface area contributed by atoms with Crippen LogP contribution in [0.3, 0.4) is 0 Å². The van der Waals surface area contributed by atoms with Crippen molar-refractivity contribution in [2.24, 2.45) is 11.3 Å². The van der Waals surface area contributed by atoms with E-state index in [4.69, 9.17) is 4.42 Å². The van der Waals surface area contributed by atoms with Gasteiger partial charge in [-0.15, -0.1) is 0 Å². The number of amides is 1. The molecule has 2 unspecified atom stereocenters. The van der Waals surface area contributed by atoms with Crippen LogP contribution in [0.4, 0.5) is 0 Å². The van der Waals surface area contributed by atoms with Gasteiger partial charge in [-0.05, 0) is 86.4 Å². The van der Waals surface area contributed by atoms with Crippen molar-refractivity contribution in [3.8, 4) is 0 Å². The molecular weight excluding hydrogens is 440 g/mol. The number of benzene rings is 1. The van der Waals surface area contributed by atoms with Crippen LogP contribution in [-0.4, -0.2) is 58.5 Å². The molecule has 2 saturated heterocycles. The number of aliphatic hydroxyl groups excluding tert-OH is 1. The van der Waals surface area contributed by atoms with E-state index >= 15 is 0 Å². The average molecular weight is 475 g/mol. The molecule has 0 bridgehead atoms. The number of hydrogen-bond acceptors (Lipinski definition) is 6. The molecule has 1 spiro atoms. The third-order valence-electron chi connectivity index (χ3n) is 8.38. The molecule has 1 amide bonds. The predicted molar refractivity (Wildman–Crippen MR) is 134 cm³/mol. The van der Waals surface area contributed by atoms with E-state index < -0.39 is 6.23 Å². The summed E-state index contributed by atoms with van der Waals surface area (Å²) in [4.78, 5) is 21.6. The number of aliphatic hydroxyl groups is 1. The number of pyridine rings is 1. The summed E-state index contributed by atoms with van der Waals surface area (Å²) in [6.07, 6.45) is 8.37. The van der Waals surface area contributed by atoms with Crippen LogP contribution in [0.5, 0.6) is 0 Å². The van der Waals surface area contributed by atoms with Crippen molar-refractivity contribution in [2.75, 3.05) is 32.7 Å². The number of nitrogens with zero attached hydrogens (tertiary/aromatic N) is 3. The van der Waals surface area contributed by atoms with Gasteiger partial charge in [0, 0.05) is 43.3 Å². The fourth-order valence-corrected chi connectivity index (χ4v) is 6.02. The Labute approximate surface area is 206 Å². The molecule has 2 aliphatic heterocycles. The summed E-state index contributed by atoms with van der Waals surface area (Å²) < 4.78 is 5.72. The van der Waals surface area contributed by atoms with Crippen LogP contribution < -0.4 is 5.32 Å². The molecule has 4 heterocycles. The fraction of sp³-hybridized carbons (Fsp3) is 0.500. The summed E-state index contributed by atoms with van der Waals surface area (Å²) in [5, 5.41) is 14.7. The van der Waals surface area contributed by atoms with E-state index in [9.17, 15) is 9.90 Å². The van der Waals surface area contributed by atoms with Crippen LogP contribution in [0.15, 0.2) is 53.2 Å². The molecule has 2 aromatic heterocycles. The molecule has 3 aromatic rings. The topological polar surface area (TPSA) is 81.8 Å². The molecule has 7 nitrogen and oxygen atoms in total. The summed E-state index contributed by atoms with van der Waals surface area (Å²) >= 11 is 0. The van der Waals surface area contributed by atoms with Crippen molar-refractivity contribution in [1.29, 1.82) is 0 Å². The maximum atomic E-state index is 13.1. The van der Waals surface area contributed by atoms with Gasteiger partial charge >= 0.3 is 0 Å². The van der Waals surface area contributed by atoms with Crippen molar-refractivity contribution in [1.82, 2.24) is 20.1 Å². The quantitative estimate of drug-likeness (QED) is 0.505. The largest absolute Gasteiger partial charge is 0.455 e. The van der Waals surface area contributed by atoms with E-state index in [0.29, 0.717) is 22.7 Å². The van der Waals surface area contributed by atoms with Gasteiger partial charge in [0.2, 0.25) is 0 Å². The van der Waals surface area contributed by atoms with E-state index in [2.05, 4.69) is 27.3 Å². The Balaban J connectivity index is 0.976. The van der Waals surface area contributed by atoms with E-state index in [0.717, 1.165) is 56.4 Å². The summed E-state index contributed by atoms with van der Waals surface area (Å²) in [6.45, 7) is 5.72. The van der Waals surface area contributed by atoms with Crippen LogP contribution in [0.25, 0.3) is 11.0 Å². The number of aromatic nitrogens is 1. The molecule has 2 atom stereocenters. The van der Waals surface area contributed by atoms with Gasteiger partial charge < -0.3 is 14.4 Å². The standard InChI is InChI=1S/C28H34N4O3/c33-26(24-15-22-7-10-29-18-25(22)35-24)30-17-23-16-28(23)8-13-32(14-9-28)27(34)21-5-3-20(4-6-21)19-31-11-1-2-12-31/h3-7,10,15,18,23,26,30,33H,1-2,8-9,11-14,16-17,19H2. The first-order valence-electron chi connectivity index (χ1n) is 13.0. The van der Waals surface area contributed by atoms with Crippen LogP contribution >= 0.6 is 0 Å². The third-order valence-corrected chi connectivity index (χ3v) is 8.38. The van der Waals surface area contributed by atoms with E-state index in [-0.39, 0.29) is 5.91 Å². The minimum absolute atomic E-state index is 0.151. The number of fused-ring (bicyclic) bond motifs is 1. The second kappa shape index (κ2) is 9.37. The molecule has 1 saturated carbocycles. The molecule has 3 fully saturated rings. The van der Waals surface area contributed by atoms with Crippen molar-refractivity contribution in [3.05, 3.63) is 65.7 Å². The Morgan fingerprint density at radius 3 is 2.66 bits per heavy atom. The molecule has 7 heteroatoms. The van der Waals surface area contributed by atoms with Crippen LogP contribution in [0.1, 0.15) is 60.0 Å². The maximum Gasteiger partial charge on any atom is 0.253 e. The second-order valence-corrected chi connectivity index (χ2v) is 10.6. The lowest BCUT2D eigenvalue weighted by molar-refractivity contribution is 0.0663.